The van der Waals surface area contributed by atoms with Gasteiger partial charge >= 0.3 is 17.1 Å². The number of nitrogens with zero attached hydrogens (tertiary/aromatic N) is 3. The molecule has 2 atom stereocenters. The van der Waals surface area contributed by atoms with E-state index in [-0.39, 0.29) is 27.8 Å². The average Bonchev–Trinajstić information content (AvgIpc) is 2.66. The maximum absolute atomic E-state index is 12.4. The van der Waals surface area contributed by atoms with Crippen molar-refractivity contribution in [2.24, 2.45) is 7.05 Å². The van der Waals surface area contributed by atoms with Gasteiger partial charge < -0.3 is 10.4 Å². The molecule has 2 unspecified atom stereocenters. The Balaban J connectivity index is 1.81. The van der Waals surface area contributed by atoms with E-state index >= 15 is 0 Å². The van der Waals surface area contributed by atoms with Crippen LogP contribution in [0.1, 0.15) is 0 Å². The zero-order valence-corrected chi connectivity index (χ0v) is 17.5. The lowest BCUT2D eigenvalue weighted by atomic mass is 10.0. The van der Waals surface area contributed by atoms with Crippen molar-refractivity contribution in [1.82, 2.24) is 25.0 Å². The first-order chi connectivity index (χ1) is 13.2. The number of nitrogens with one attached hydrogen (secondary N) is 2. The van der Waals surface area contributed by atoms with Crippen molar-refractivity contribution in [3.05, 3.63) is 32.0 Å². The number of aromatic amines is 1. The monoisotopic (exact) mass is 491 g/mol. The van der Waals surface area contributed by atoms with Gasteiger partial charge in [0.2, 0.25) is 5.91 Å². The van der Waals surface area contributed by atoms with E-state index in [0.717, 1.165) is 11.8 Å². The molecule has 3 heterocycles. The minimum Gasteiger partial charge on any atom is -0.477 e. The number of hydrogen-bond acceptors (Lipinski definition) is 8. The Kier molecular flexibility index (Phi) is 6.00. The summed E-state index contributed by atoms with van der Waals surface area (Å²) in [7, 11) is 1.50. The molecular formula is C14H14BrN5O6S2. The SMILES string of the molecule is Cn1[nH]c(=O)c(=O)nc1SCC1=C(C(=O)O)N2C(=O)C(NC(=O)CBr)C2SC1. The molecule has 0 saturated carbocycles. The molecule has 2 amide bonds. The molecule has 14 heteroatoms. The number of halogens is 1. The van der Waals surface area contributed by atoms with Crippen LogP contribution in [-0.4, -0.2) is 70.8 Å². The van der Waals surface area contributed by atoms with Gasteiger partial charge in [0.05, 0.1) is 5.33 Å². The van der Waals surface area contributed by atoms with Gasteiger partial charge in [0.1, 0.15) is 17.1 Å². The number of H-pyrrole nitrogens is 1. The Morgan fingerprint density at radius 2 is 2.14 bits per heavy atom. The number of carboxylic acid groups (broad SMARTS) is 1. The number of aromatic nitrogens is 3. The Morgan fingerprint density at radius 3 is 2.79 bits per heavy atom. The van der Waals surface area contributed by atoms with Crippen molar-refractivity contribution in [1.29, 1.82) is 0 Å². The number of aryl methyl sites for hydroxylation is 1. The maximum atomic E-state index is 12.4. The molecule has 1 aromatic rings. The molecule has 0 bridgehead atoms. The highest BCUT2D eigenvalue weighted by Gasteiger charge is 2.54. The molecule has 2 aliphatic rings. The molecule has 3 rings (SSSR count). The second-order valence-corrected chi connectivity index (χ2v) is 8.44. The first kappa shape index (κ1) is 20.7. The van der Waals surface area contributed by atoms with Crippen molar-refractivity contribution in [2.75, 3.05) is 16.8 Å². The minimum atomic E-state index is -1.25. The van der Waals surface area contributed by atoms with Crippen molar-refractivity contribution in [3.8, 4) is 0 Å². The summed E-state index contributed by atoms with van der Waals surface area (Å²) in [6.07, 6.45) is 0. The van der Waals surface area contributed by atoms with Crippen molar-refractivity contribution >= 4 is 57.2 Å². The topological polar surface area (TPSA) is 154 Å². The summed E-state index contributed by atoms with van der Waals surface area (Å²) in [6.45, 7) is 0. The van der Waals surface area contributed by atoms with Gasteiger partial charge in [0.25, 0.3) is 5.91 Å². The Bertz CT molecular complexity index is 1000. The molecule has 150 valence electrons. The summed E-state index contributed by atoms with van der Waals surface area (Å²) in [5, 5.41) is 14.3. The zero-order valence-electron chi connectivity index (χ0n) is 14.3. The summed E-state index contributed by atoms with van der Waals surface area (Å²) >= 11 is 5.42. The number of β-lactam (4-membered cyclic amide) rings is 1. The van der Waals surface area contributed by atoms with Crippen LogP contribution in [0.15, 0.2) is 26.0 Å². The number of fused-ring (bicyclic) bond motifs is 1. The van der Waals surface area contributed by atoms with Crippen LogP contribution in [-0.2, 0) is 21.4 Å². The van der Waals surface area contributed by atoms with E-state index in [1.165, 1.54) is 28.4 Å². The number of carboxylic acids is 1. The van der Waals surface area contributed by atoms with Gasteiger partial charge in [-0.05, 0) is 5.57 Å². The van der Waals surface area contributed by atoms with Crippen LogP contribution in [0, 0.1) is 0 Å². The van der Waals surface area contributed by atoms with Gasteiger partial charge in [0.15, 0.2) is 5.16 Å². The molecule has 2 aliphatic heterocycles. The standard InChI is InChI=1S/C14H14BrN5O6S2/c1-19-14(17-9(22)10(23)18-19)28-4-5-3-27-12-7(16-6(21)2-15)11(24)20(12)8(5)13(25)26/h7,12H,2-4H2,1H3,(H,16,21)(H,18,23)(H,25,26). The smallest absolute Gasteiger partial charge is 0.352 e. The molecule has 28 heavy (non-hydrogen) atoms. The number of amides is 2. The van der Waals surface area contributed by atoms with E-state index in [1.807, 2.05) is 0 Å². The summed E-state index contributed by atoms with van der Waals surface area (Å²) in [5.41, 5.74) is -1.43. The van der Waals surface area contributed by atoms with E-state index in [0.29, 0.717) is 11.3 Å². The summed E-state index contributed by atoms with van der Waals surface area (Å²) in [6, 6.07) is -0.764. The van der Waals surface area contributed by atoms with Crippen molar-refractivity contribution < 1.29 is 19.5 Å². The first-order valence-corrected chi connectivity index (χ1v) is 11.0. The quantitative estimate of drug-likeness (QED) is 0.190. The molecule has 1 aromatic heterocycles. The molecule has 1 fully saturated rings. The maximum Gasteiger partial charge on any atom is 0.352 e. The fourth-order valence-corrected chi connectivity index (χ4v) is 5.31. The zero-order chi connectivity index (χ0) is 20.6. The third-order valence-electron chi connectivity index (χ3n) is 4.01. The van der Waals surface area contributed by atoms with Gasteiger partial charge in [-0.2, -0.15) is 4.98 Å². The molecule has 0 aliphatic carbocycles. The number of carbonyl (C=O) groups excluding carboxylic acids is 2. The number of hydrogen-bond donors (Lipinski definition) is 3. The lowest BCUT2D eigenvalue weighted by molar-refractivity contribution is -0.150. The minimum absolute atomic E-state index is 0.0442. The normalized spacial score (nSPS) is 21.2. The number of rotatable bonds is 6. The van der Waals surface area contributed by atoms with Crippen LogP contribution in [0.2, 0.25) is 0 Å². The highest BCUT2D eigenvalue weighted by atomic mass is 79.9. The first-order valence-electron chi connectivity index (χ1n) is 7.80. The average molecular weight is 492 g/mol. The molecule has 0 aromatic carbocycles. The van der Waals surface area contributed by atoms with E-state index in [1.54, 1.807) is 0 Å². The largest absolute Gasteiger partial charge is 0.477 e. The van der Waals surface area contributed by atoms with Crippen molar-refractivity contribution in [3.63, 3.8) is 0 Å². The van der Waals surface area contributed by atoms with Crippen LogP contribution in [0.4, 0.5) is 0 Å². The molecule has 11 nitrogen and oxygen atoms in total. The summed E-state index contributed by atoms with van der Waals surface area (Å²) in [4.78, 5) is 63.2. The van der Waals surface area contributed by atoms with Gasteiger partial charge in [-0.3, -0.25) is 33.9 Å². The predicted octanol–water partition coefficient (Wildman–Crippen LogP) is -1.31. The van der Waals surface area contributed by atoms with Crippen molar-refractivity contribution in [2.45, 2.75) is 16.6 Å². The summed E-state index contributed by atoms with van der Waals surface area (Å²) < 4.78 is 1.27. The van der Waals surface area contributed by atoms with E-state index in [4.69, 9.17) is 0 Å². The van der Waals surface area contributed by atoms with Gasteiger partial charge in [0, 0.05) is 18.6 Å². The number of alkyl halides is 1. The lowest BCUT2D eigenvalue weighted by Gasteiger charge is -2.49. The predicted molar refractivity (Wildman–Crippen MR) is 104 cm³/mol. The van der Waals surface area contributed by atoms with E-state index in [2.05, 4.69) is 31.3 Å². The van der Waals surface area contributed by atoms with Crippen LogP contribution in [0.25, 0.3) is 0 Å². The fraction of sp³-hybridized carbons (Fsp3) is 0.429. The highest BCUT2D eigenvalue weighted by Crippen LogP contribution is 2.41. The molecule has 0 spiro atoms. The number of thioether (sulfide) groups is 2. The Labute approximate surface area is 174 Å². The third-order valence-corrected chi connectivity index (χ3v) is 6.98. The lowest BCUT2D eigenvalue weighted by Crippen LogP contribution is -2.70. The second kappa shape index (κ2) is 8.13. The van der Waals surface area contributed by atoms with Gasteiger partial charge in [-0.1, -0.05) is 27.7 Å². The van der Waals surface area contributed by atoms with E-state index < -0.39 is 34.4 Å². The molecule has 0 radical (unpaired) electrons. The Morgan fingerprint density at radius 1 is 1.43 bits per heavy atom. The number of aliphatic carboxylic acids is 1. The molecule has 1 saturated heterocycles. The second-order valence-electron chi connectivity index (χ2n) is 5.83. The van der Waals surface area contributed by atoms with Gasteiger partial charge in [-0.25, -0.2) is 4.79 Å². The van der Waals surface area contributed by atoms with Crippen LogP contribution in [0.5, 0.6) is 0 Å². The number of carbonyl (C=O) groups is 3. The Hall–Kier alpha value is -2.06. The van der Waals surface area contributed by atoms with Crippen LogP contribution >= 0.6 is 39.5 Å². The third kappa shape index (κ3) is 3.75. The highest BCUT2D eigenvalue weighted by molar-refractivity contribution is 9.09. The van der Waals surface area contributed by atoms with E-state index in [9.17, 15) is 29.1 Å². The fourth-order valence-electron chi connectivity index (χ4n) is 2.75. The van der Waals surface area contributed by atoms with Crippen LogP contribution in [0.3, 0.4) is 0 Å². The van der Waals surface area contributed by atoms with Crippen LogP contribution < -0.4 is 16.4 Å². The molecule has 3 N–H and O–H groups in total. The van der Waals surface area contributed by atoms with Gasteiger partial charge in [-0.15, -0.1) is 11.8 Å². The summed E-state index contributed by atoms with van der Waals surface area (Å²) in [5.74, 6) is -1.59. The molecular weight excluding hydrogens is 478 g/mol.